The Morgan fingerprint density at radius 2 is 2.27 bits per heavy atom. The highest BCUT2D eigenvalue weighted by molar-refractivity contribution is 5.85. The van der Waals surface area contributed by atoms with Crippen molar-refractivity contribution in [3.05, 3.63) is 5.82 Å². The molecule has 11 heavy (non-hydrogen) atoms. The van der Waals surface area contributed by atoms with E-state index < -0.39 is 0 Å². The summed E-state index contributed by atoms with van der Waals surface area (Å²) < 4.78 is 0. The summed E-state index contributed by atoms with van der Waals surface area (Å²) in [6.45, 7) is 4.32. The maximum absolute atomic E-state index is 5.51. The Morgan fingerprint density at radius 1 is 1.64 bits per heavy atom. The van der Waals surface area contributed by atoms with Gasteiger partial charge in [-0.15, -0.1) is 22.6 Å². The first-order valence-electron chi connectivity index (χ1n) is 3.18. The summed E-state index contributed by atoms with van der Waals surface area (Å²) in [7, 11) is 0. The van der Waals surface area contributed by atoms with Gasteiger partial charge in [0, 0.05) is 6.04 Å². The van der Waals surface area contributed by atoms with E-state index in [4.69, 9.17) is 5.73 Å². The first-order valence-corrected chi connectivity index (χ1v) is 3.18. The lowest BCUT2D eigenvalue weighted by Crippen LogP contribution is -2.23. The molecule has 5 nitrogen and oxygen atoms in total. The molecule has 1 atom stereocenters. The van der Waals surface area contributed by atoms with E-state index in [-0.39, 0.29) is 18.4 Å². The fraction of sp³-hybridized carbons (Fsp3) is 0.800. The maximum atomic E-state index is 5.51. The van der Waals surface area contributed by atoms with Crippen LogP contribution in [0.1, 0.15) is 12.7 Å². The predicted octanol–water partition coefficient (Wildman–Crippen LogP) is -0.249. The SMILES string of the molecule is Cc1nnn(C[C@@H](C)N)n1.Cl. The largest absolute Gasteiger partial charge is 0.326 e. The molecular weight excluding hydrogens is 166 g/mol. The topological polar surface area (TPSA) is 69.6 Å². The number of nitrogens with zero attached hydrogens (tertiary/aromatic N) is 4. The van der Waals surface area contributed by atoms with Crippen molar-refractivity contribution in [2.24, 2.45) is 5.73 Å². The van der Waals surface area contributed by atoms with Crippen molar-refractivity contribution < 1.29 is 0 Å². The van der Waals surface area contributed by atoms with Gasteiger partial charge in [-0.05, 0) is 19.1 Å². The van der Waals surface area contributed by atoms with Gasteiger partial charge in [-0.2, -0.15) is 4.80 Å². The Hall–Kier alpha value is -0.680. The van der Waals surface area contributed by atoms with Crippen LogP contribution in [-0.4, -0.2) is 26.2 Å². The molecule has 0 aliphatic carbocycles. The number of rotatable bonds is 2. The van der Waals surface area contributed by atoms with E-state index in [1.54, 1.807) is 6.92 Å². The van der Waals surface area contributed by atoms with E-state index in [0.717, 1.165) is 0 Å². The zero-order chi connectivity index (χ0) is 7.56. The summed E-state index contributed by atoms with van der Waals surface area (Å²) >= 11 is 0. The van der Waals surface area contributed by atoms with Gasteiger partial charge in [0.1, 0.15) is 0 Å². The molecule has 6 heteroatoms. The Balaban J connectivity index is 0.000001000. The molecule has 1 heterocycles. The molecule has 0 unspecified atom stereocenters. The third-order valence-electron chi connectivity index (χ3n) is 1.00. The van der Waals surface area contributed by atoms with Crippen molar-refractivity contribution in [1.82, 2.24) is 20.2 Å². The predicted molar refractivity (Wildman–Crippen MR) is 43.5 cm³/mol. The van der Waals surface area contributed by atoms with Crippen LogP contribution in [0.5, 0.6) is 0 Å². The summed E-state index contributed by atoms with van der Waals surface area (Å²) in [5.74, 6) is 0.681. The molecule has 0 fully saturated rings. The average molecular weight is 178 g/mol. The number of aryl methyl sites for hydroxylation is 1. The van der Waals surface area contributed by atoms with Crippen LogP contribution in [0.15, 0.2) is 0 Å². The first kappa shape index (κ1) is 10.3. The molecule has 1 aromatic rings. The van der Waals surface area contributed by atoms with Gasteiger partial charge in [0.15, 0.2) is 5.82 Å². The standard InChI is InChI=1S/C5H11N5.ClH/c1-4(6)3-10-8-5(2)7-9-10;/h4H,3,6H2,1-2H3;1H/t4-;/m1./s1. The second-order valence-corrected chi connectivity index (χ2v) is 2.37. The number of hydrogen-bond acceptors (Lipinski definition) is 4. The Morgan fingerprint density at radius 3 is 2.64 bits per heavy atom. The van der Waals surface area contributed by atoms with Gasteiger partial charge < -0.3 is 5.73 Å². The van der Waals surface area contributed by atoms with Crippen molar-refractivity contribution in [2.75, 3.05) is 0 Å². The third kappa shape index (κ3) is 3.29. The minimum atomic E-state index is 0. The van der Waals surface area contributed by atoms with Crippen molar-refractivity contribution in [1.29, 1.82) is 0 Å². The number of halogens is 1. The molecule has 0 bridgehead atoms. The van der Waals surface area contributed by atoms with Crippen LogP contribution < -0.4 is 5.73 Å². The van der Waals surface area contributed by atoms with Gasteiger partial charge in [-0.1, -0.05) is 0 Å². The number of aromatic nitrogens is 4. The molecule has 0 saturated heterocycles. The third-order valence-corrected chi connectivity index (χ3v) is 1.00. The van der Waals surface area contributed by atoms with E-state index >= 15 is 0 Å². The lowest BCUT2D eigenvalue weighted by molar-refractivity contribution is 0.471. The summed E-state index contributed by atoms with van der Waals surface area (Å²) in [6.07, 6.45) is 0. The van der Waals surface area contributed by atoms with Crippen molar-refractivity contribution in [3.63, 3.8) is 0 Å². The van der Waals surface area contributed by atoms with Crippen LogP contribution in [0.3, 0.4) is 0 Å². The lowest BCUT2D eigenvalue weighted by Gasteiger charge is -2.00. The monoisotopic (exact) mass is 177 g/mol. The Kier molecular flexibility index (Phi) is 3.99. The molecule has 0 spiro atoms. The summed E-state index contributed by atoms with van der Waals surface area (Å²) in [5.41, 5.74) is 5.51. The van der Waals surface area contributed by atoms with Crippen LogP contribution in [0.2, 0.25) is 0 Å². The molecule has 0 amide bonds. The molecule has 0 radical (unpaired) electrons. The van der Waals surface area contributed by atoms with Crippen LogP contribution in [0.4, 0.5) is 0 Å². The second kappa shape index (κ2) is 4.25. The Labute approximate surface area is 71.4 Å². The number of tetrazole rings is 1. The van der Waals surface area contributed by atoms with Crippen LogP contribution in [0.25, 0.3) is 0 Å². The highest BCUT2D eigenvalue weighted by Crippen LogP contribution is 1.84. The zero-order valence-corrected chi connectivity index (χ0v) is 7.38. The highest BCUT2D eigenvalue weighted by Gasteiger charge is 1.98. The van der Waals surface area contributed by atoms with Crippen LogP contribution in [0, 0.1) is 6.92 Å². The molecule has 2 N–H and O–H groups in total. The zero-order valence-electron chi connectivity index (χ0n) is 6.56. The van der Waals surface area contributed by atoms with E-state index in [0.29, 0.717) is 12.4 Å². The molecule has 0 aliphatic rings. The minimum Gasteiger partial charge on any atom is -0.326 e. The summed E-state index contributed by atoms with van der Waals surface area (Å²) in [4.78, 5) is 1.50. The van der Waals surface area contributed by atoms with E-state index in [1.807, 2.05) is 6.92 Å². The van der Waals surface area contributed by atoms with Crippen LogP contribution in [-0.2, 0) is 6.54 Å². The maximum Gasteiger partial charge on any atom is 0.171 e. The average Bonchev–Trinajstić information content (AvgIpc) is 2.13. The molecule has 1 aromatic heterocycles. The van der Waals surface area contributed by atoms with Crippen LogP contribution >= 0.6 is 12.4 Å². The van der Waals surface area contributed by atoms with Gasteiger partial charge >= 0.3 is 0 Å². The van der Waals surface area contributed by atoms with E-state index in [9.17, 15) is 0 Å². The van der Waals surface area contributed by atoms with Gasteiger partial charge in [0.05, 0.1) is 6.54 Å². The lowest BCUT2D eigenvalue weighted by atomic mass is 10.4. The van der Waals surface area contributed by atoms with Crippen molar-refractivity contribution in [2.45, 2.75) is 26.4 Å². The second-order valence-electron chi connectivity index (χ2n) is 2.37. The van der Waals surface area contributed by atoms with Crippen molar-refractivity contribution in [3.8, 4) is 0 Å². The van der Waals surface area contributed by atoms with Gasteiger partial charge in [0.2, 0.25) is 0 Å². The normalized spacial score (nSPS) is 12.3. The molecule has 0 saturated carbocycles. The van der Waals surface area contributed by atoms with E-state index in [2.05, 4.69) is 15.4 Å². The van der Waals surface area contributed by atoms with Crippen molar-refractivity contribution >= 4 is 12.4 Å². The minimum absolute atomic E-state index is 0. The molecule has 1 rings (SSSR count). The summed E-state index contributed by atoms with van der Waals surface area (Å²) in [6, 6.07) is 0.0774. The molecule has 64 valence electrons. The summed E-state index contributed by atoms with van der Waals surface area (Å²) in [5, 5.41) is 11.4. The quantitative estimate of drug-likeness (QED) is 0.677. The van der Waals surface area contributed by atoms with Gasteiger partial charge in [0.25, 0.3) is 0 Å². The number of hydrogen-bond donors (Lipinski definition) is 1. The fourth-order valence-electron chi connectivity index (χ4n) is 0.658. The highest BCUT2D eigenvalue weighted by atomic mass is 35.5. The van der Waals surface area contributed by atoms with Gasteiger partial charge in [-0.3, -0.25) is 0 Å². The molecular formula is C5H12ClN5. The van der Waals surface area contributed by atoms with E-state index in [1.165, 1.54) is 4.80 Å². The Bertz CT molecular complexity index is 208. The number of nitrogens with two attached hydrogens (primary N) is 1. The fourth-order valence-corrected chi connectivity index (χ4v) is 0.658. The molecule has 0 aliphatic heterocycles. The smallest absolute Gasteiger partial charge is 0.171 e. The molecule has 0 aromatic carbocycles. The first-order chi connectivity index (χ1) is 4.68. The van der Waals surface area contributed by atoms with Gasteiger partial charge in [-0.25, -0.2) is 0 Å².